The van der Waals surface area contributed by atoms with Crippen LogP contribution in [0.5, 0.6) is 0 Å². The zero-order chi connectivity index (χ0) is 8.57. The summed E-state index contributed by atoms with van der Waals surface area (Å²) in [6, 6.07) is 0. The van der Waals surface area contributed by atoms with E-state index in [1.54, 1.807) is 0 Å². The van der Waals surface area contributed by atoms with Crippen LogP contribution in [0.15, 0.2) is 0 Å². The van der Waals surface area contributed by atoms with Crippen molar-refractivity contribution >= 4 is 49.2 Å². The van der Waals surface area contributed by atoms with Crippen LogP contribution in [0.25, 0.3) is 0 Å². The molecule has 0 aromatic rings. The van der Waals surface area contributed by atoms with Crippen molar-refractivity contribution in [1.29, 1.82) is 0 Å². The molecule has 0 aliphatic carbocycles. The van der Waals surface area contributed by atoms with E-state index in [1.807, 2.05) is 0 Å². The van der Waals surface area contributed by atoms with Crippen molar-refractivity contribution in [3.8, 4) is 0 Å². The lowest BCUT2D eigenvalue weighted by Gasteiger charge is -1.73. The Kier molecular flexibility index (Phi) is 51.0. The summed E-state index contributed by atoms with van der Waals surface area (Å²) in [6.07, 6.45) is 0. The molecule has 0 heterocycles. The highest BCUT2D eigenvalue weighted by Crippen LogP contribution is 1.44. The van der Waals surface area contributed by atoms with Crippen LogP contribution in [-0.2, 0) is 9.59 Å². The SMILES string of the molecule is Cl.Cl.Cl.NCC(=O)O.NCC(=O)O. The van der Waals surface area contributed by atoms with Crippen LogP contribution in [0.3, 0.4) is 0 Å². The number of halogens is 3. The summed E-state index contributed by atoms with van der Waals surface area (Å²) in [6.45, 7) is -0.556. The largest absolute Gasteiger partial charge is 0.480 e. The van der Waals surface area contributed by atoms with E-state index in [0.717, 1.165) is 0 Å². The highest BCUT2D eigenvalue weighted by Gasteiger charge is 1.81. The van der Waals surface area contributed by atoms with Crippen molar-refractivity contribution in [2.24, 2.45) is 11.5 Å². The predicted molar refractivity (Wildman–Crippen MR) is 55.1 cm³/mol. The fourth-order valence-corrected chi connectivity index (χ4v) is 0. The highest BCUT2D eigenvalue weighted by atomic mass is 35.5. The first-order chi connectivity index (χ1) is 4.54. The zero-order valence-corrected chi connectivity index (χ0v) is 8.95. The molecular weight excluding hydrogens is 246 g/mol. The fraction of sp³-hybridized carbons (Fsp3) is 0.500. The van der Waals surface area contributed by atoms with Gasteiger partial charge < -0.3 is 21.7 Å². The molecule has 0 amide bonds. The predicted octanol–water partition coefficient (Wildman–Crippen LogP) is -0.675. The number of carboxylic acids is 2. The minimum absolute atomic E-state index is 0. The first kappa shape index (κ1) is 29.3. The molecule has 0 atom stereocenters. The van der Waals surface area contributed by atoms with Gasteiger partial charge in [-0.3, -0.25) is 9.59 Å². The van der Waals surface area contributed by atoms with Gasteiger partial charge in [-0.2, -0.15) is 0 Å². The fourth-order valence-electron chi connectivity index (χ4n) is 0. The summed E-state index contributed by atoms with van der Waals surface area (Å²) in [5.74, 6) is -1.94. The Morgan fingerprint density at radius 2 is 0.923 bits per heavy atom. The first-order valence-corrected chi connectivity index (χ1v) is 2.38. The van der Waals surface area contributed by atoms with E-state index in [9.17, 15) is 9.59 Å². The maximum atomic E-state index is 9.24. The third-order valence-corrected chi connectivity index (χ3v) is 0.349. The van der Waals surface area contributed by atoms with E-state index in [2.05, 4.69) is 11.5 Å². The lowest BCUT2D eigenvalue weighted by Crippen LogP contribution is -2.10. The van der Waals surface area contributed by atoms with Gasteiger partial charge in [-0.05, 0) is 0 Å². The normalized spacial score (nSPS) is 5.69. The molecule has 84 valence electrons. The summed E-state index contributed by atoms with van der Waals surface area (Å²) in [7, 11) is 0. The monoisotopic (exact) mass is 258 g/mol. The van der Waals surface area contributed by atoms with Crippen LogP contribution in [-0.4, -0.2) is 35.2 Å². The number of nitrogens with two attached hydrogens (primary N) is 2. The van der Waals surface area contributed by atoms with Crippen LogP contribution < -0.4 is 11.5 Å². The number of rotatable bonds is 2. The van der Waals surface area contributed by atoms with Crippen molar-refractivity contribution in [3.05, 3.63) is 0 Å². The van der Waals surface area contributed by atoms with Crippen LogP contribution in [0.1, 0.15) is 0 Å². The van der Waals surface area contributed by atoms with Gasteiger partial charge in [0.15, 0.2) is 0 Å². The van der Waals surface area contributed by atoms with Gasteiger partial charge in [-0.1, -0.05) is 0 Å². The maximum Gasteiger partial charge on any atom is 0.317 e. The Bertz CT molecular complexity index is 110. The Balaban J connectivity index is -0.0000000267. The van der Waals surface area contributed by atoms with Crippen molar-refractivity contribution in [1.82, 2.24) is 0 Å². The Morgan fingerprint density at radius 1 is 0.846 bits per heavy atom. The quantitative estimate of drug-likeness (QED) is 0.521. The second-order valence-electron chi connectivity index (χ2n) is 1.20. The van der Waals surface area contributed by atoms with Crippen molar-refractivity contribution in [3.63, 3.8) is 0 Å². The number of hydrogen-bond donors (Lipinski definition) is 4. The molecule has 0 radical (unpaired) electrons. The van der Waals surface area contributed by atoms with Crippen molar-refractivity contribution in [2.45, 2.75) is 0 Å². The van der Waals surface area contributed by atoms with Gasteiger partial charge in [-0.15, -0.1) is 37.2 Å². The van der Waals surface area contributed by atoms with Gasteiger partial charge >= 0.3 is 11.9 Å². The second kappa shape index (κ2) is 22.6. The van der Waals surface area contributed by atoms with E-state index in [4.69, 9.17) is 10.2 Å². The summed E-state index contributed by atoms with van der Waals surface area (Å²) in [4.78, 5) is 18.5. The Labute approximate surface area is 93.9 Å². The van der Waals surface area contributed by atoms with Gasteiger partial charge in [0.2, 0.25) is 0 Å². The minimum atomic E-state index is -0.968. The molecule has 0 bridgehead atoms. The third-order valence-electron chi connectivity index (χ3n) is 0.349. The van der Waals surface area contributed by atoms with Crippen molar-refractivity contribution in [2.75, 3.05) is 13.1 Å². The molecular formula is C4H13Cl3N2O4. The van der Waals surface area contributed by atoms with Crippen LogP contribution in [0.2, 0.25) is 0 Å². The molecule has 0 saturated heterocycles. The van der Waals surface area contributed by atoms with Crippen LogP contribution >= 0.6 is 37.2 Å². The average molecular weight is 260 g/mol. The molecule has 0 aliphatic rings. The van der Waals surface area contributed by atoms with E-state index in [1.165, 1.54) is 0 Å². The second-order valence-corrected chi connectivity index (χ2v) is 1.20. The highest BCUT2D eigenvalue weighted by molar-refractivity contribution is 5.86. The molecule has 0 saturated carbocycles. The van der Waals surface area contributed by atoms with Gasteiger partial charge in [0.25, 0.3) is 0 Å². The van der Waals surface area contributed by atoms with Gasteiger partial charge in [-0.25, -0.2) is 0 Å². The number of aliphatic carboxylic acids is 2. The maximum absolute atomic E-state index is 9.24. The summed E-state index contributed by atoms with van der Waals surface area (Å²) >= 11 is 0. The lowest BCUT2D eigenvalue weighted by molar-refractivity contribution is -0.136. The number of hydrogen-bond acceptors (Lipinski definition) is 4. The molecule has 0 unspecified atom stereocenters. The molecule has 0 aromatic carbocycles. The van der Waals surface area contributed by atoms with Gasteiger partial charge in [0, 0.05) is 0 Å². The molecule has 0 spiro atoms. The third kappa shape index (κ3) is 79.8. The Morgan fingerprint density at radius 3 is 0.923 bits per heavy atom. The molecule has 13 heavy (non-hydrogen) atoms. The molecule has 0 aromatic heterocycles. The molecule has 6 nitrogen and oxygen atoms in total. The zero-order valence-electron chi connectivity index (χ0n) is 6.50. The minimum Gasteiger partial charge on any atom is -0.480 e. The van der Waals surface area contributed by atoms with E-state index < -0.39 is 11.9 Å². The average Bonchev–Trinajstić information content (AvgIpc) is 1.89. The Hall–Kier alpha value is -0.270. The van der Waals surface area contributed by atoms with E-state index >= 15 is 0 Å². The number of carbonyl (C=O) groups is 2. The summed E-state index contributed by atoms with van der Waals surface area (Å²) < 4.78 is 0. The topological polar surface area (TPSA) is 127 Å². The van der Waals surface area contributed by atoms with Crippen LogP contribution in [0.4, 0.5) is 0 Å². The summed E-state index contributed by atoms with van der Waals surface area (Å²) in [5, 5.41) is 15.2. The van der Waals surface area contributed by atoms with Crippen LogP contribution in [0, 0.1) is 0 Å². The smallest absolute Gasteiger partial charge is 0.317 e. The van der Waals surface area contributed by atoms with Gasteiger partial charge in [0.05, 0.1) is 13.1 Å². The van der Waals surface area contributed by atoms with Crippen molar-refractivity contribution < 1.29 is 19.8 Å². The number of carboxylic acid groups (broad SMARTS) is 2. The standard InChI is InChI=1S/2C2H5NO2.3ClH/c2*3-1-2(4)5;;;/h2*1,3H2,(H,4,5);3*1H. The molecule has 9 heteroatoms. The first-order valence-electron chi connectivity index (χ1n) is 2.38. The molecule has 0 rings (SSSR count). The van der Waals surface area contributed by atoms with E-state index in [-0.39, 0.29) is 50.3 Å². The van der Waals surface area contributed by atoms with E-state index in [0.29, 0.717) is 0 Å². The molecule has 0 fully saturated rings. The summed E-state index contributed by atoms with van der Waals surface area (Å²) in [5.41, 5.74) is 9.14. The van der Waals surface area contributed by atoms with Gasteiger partial charge in [0.1, 0.15) is 0 Å². The molecule has 6 N–H and O–H groups in total. The molecule has 0 aliphatic heterocycles. The lowest BCUT2D eigenvalue weighted by atomic mass is 10.7.